The monoisotopic (exact) mass is 407 g/mol. The van der Waals surface area contributed by atoms with E-state index in [1.807, 2.05) is 87.4 Å². The Hall–Kier alpha value is -3.19. The van der Waals surface area contributed by atoms with Crippen LogP contribution in [0.4, 0.5) is 15.8 Å². The number of hydrogen-bond donors (Lipinski definition) is 2. The Kier molecular flexibility index (Phi) is 6.61. The van der Waals surface area contributed by atoms with E-state index in [4.69, 9.17) is 0 Å². The molecule has 0 fully saturated rings. The van der Waals surface area contributed by atoms with E-state index in [0.29, 0.717) is 10.1 Å². The first-order valence-corrected chi connectivity index (χ1v) is 10.2. The molecule has 0 aliphatic rings. The Labute approximate surface area is 175 Å². The molecule has 3 aromatic rings. The number of benzene rings is 2. The molecule has 0 saturated carbocycles. The lowest BCUT2D eigenvalue weighted by Crippen LogP contribution is -2.17. The molecule has 0 aliphatic carbocycles. The van der Waals surface area contributed by atoms with Crippen LogP contribution in [0.25, 0.3) is 11.3 Å². The number of rotatable bonds is 7. The fourth-order valence-electron chi connectivity index (χ4n) is 2.52. The third kappa shape index (κ3) is 5.42. The van der Waals surface area contributed by atoms with Crippen LogP contribution >= 0.6 is 11.3 Å². The molecular formula is C22H25N5OS. The summed E-state index contributed by atoms with van der Waals surface area (Å²) >= 11 is 1.37. The van der Waals surface area contributed by atoms with Crippen molar-refractivity contribution in [1.82, 2.24) is 4.98 Å². The van der Waals surface area contributed by atoms with Gasteiger partial charge in [0.2, 0.25) is 11.0 Å². The summed E-state index contributed by atoms with van der Waals surface area (Å²) in [4.78, 5) is 18.9. The molecule has 6 nitrogen and oxygen atoms in total. The van der Waals surface area contributed by atoms with E-state index in [9.17, 15) is 4.79 Å². The molecular weight excluding hydrogens is 382 g/mol. The Bertz CT molecular complexity index is 978. The summed E-state index contributed by atoms with van der Waals surface area (Å²) in [5.41, 5.74) is 6.77. The molecule has 2 N–H and O–H groups in total. The molecule has 2 aromatic carbocycles. The number of hydrogen-bond acceptors (Lipinski definition) is 6. The molecule has 0 aliphatic heterocycles. The second-order valence-electron chi connectivity index (χ2n) is 7.06. The predicted octanol–water partition coefficient (Wildman–Crippen LogP) is 4.92. The third-order valence-electron chi connectivity index (χ3n) is 4.22. The zero-order chi connectivity index (χ0) is 20.8. The standard InChI is InChI=1S/C22H25N5OS/c1-15(2)20(28)25-21-19(17-8-6-5-7-9-17)24-22(29-21)26-23-14-16-10-12-18(13-11-16)27(3)4/h5-15H,1-4H3,(H,24,26)(H,25,28)/b23-14+. The Balaban J connectivity index is 1.78. The summed E-state index contributed by atoms with van der Waals surface area (Å²) in [5, 5.41) is 8.60. The Morgan fingerprint density at radius 2 is 1.79 bits per heavy atom. The number of aromatic nitrogens is 1. The van der Waals surface area contributed by atoms with Gasteiger partial charge >= 0.3 is 0 Å². The van der Waals surface area contributed by atoms with Gasteiger partial charge in [-0.2, -0.15) is 5.10 Å². The van der Waals surface area contributed by atoms with Crippen LogP contribution in [0.15, 0.2) is 59.7 Å². The van der Waals surface area contributed by atoms with E-state index in [2.05, 4.69) is 20.8 Å². The van der Waals surface area contributed by atoms with E-state index in [-0.39, 0.29) is 11.8 Å². The van der Waals surface area contributed by atoms with Gasteiger partial charge in [-0.3, -0.25) is 10.2 Å². The van der Waals surface area contributed by atoms with Gasteiger partial charge in [0.15, 0.2) is 0 Å². The minimum Gasteiger partial charge on any atom is -0.378 e. The molecule has 29 heavy (non-hydrogen) atoms. The average Bonchev–Trinajstić information content (AvgIpc) is 3.11. The molecule has 0 atom stereocenters. The number of nitrogens with one attached hydrogen (secondary N) is 2. The van der Waals surface area contributed by atoms with Crippen LogP contribution in [-0.4, -0.2) is 31.2 Å². The molecule has 1 amide bonds. The lowest BCUT2D eigenvalue weighted by molar-refractivity contribution is -0.118. The molecule has 1 aromatic heterocycles. The summed E-state index contributed by atoms with van der Waals surface area (Å²) in [7, 11) is 4.01. The lowest BCUT2D eigenvalue weighted by Gasteiger charge is -2.11. The quantitative estimate of drug-likeness (QED) is 0.431. The van der Waals surface area contributed by atoms with Gasteiger partial charge in [0.05, 0.1) is 6.21 Å². The van der Waals surface area contributed by atoms with E-state index in [1.165, 1.54) is 11.3 Å². The van der Waals surface area contributed by atoms with Crippen LogP contribution in [-0.2, 0) is 4.79 Å². The zero-order valence-corrected chi connectivity index (χ0v) is 17.8. The second kappa shape index (κ2) is 9.34. The van der Waals surface area contributed by atoms with Crippen LogP contribution < -0.4 is 15.6 Å². The number of carbonyl (C=O) groups is 1. The first kappa shape index (κ1) is 20.5. The summed E-state index contributed by atoms with van der Waals surface area (Å²) < 4.78 is 0. The number of amides is 1. The van der Waals surface area contributed by atoms with E-state index < -0.39 is 0 Å². The van der Waals surface area contributed by atoms with Gasteiger partial charge in [-0.25, -0.2) is 4.98 Å². The van der Waals surface area contributed by atoms with E-state index >= 15 is 0 Å². The van der Waals surface area contributed by atoms with Crippen molar-refractivity contribution in [2.24, 2.45) is 11.0 Å². The normalized spacial score (nSPS) is 11.1. The van der Waals surface area contributed by atoms with Crippen molar-refractivity contribution in [3.05, 3.63) is 60.2 Å². The highest BCUT2D eigenvalue weighted by atomic mass is 32.1. The highest BCUT2D eigenvalue weighted by Crippen LogP contribution is 2.36. The van der Waals surface area contributed by atoms with Gasteiger partial charge in [-0.1, -0.05) is 67.6 Å². The Morgan fingerprint density at radius 1 is 1.10 bits per heavy atom. The predicted molar refractivity (Wildman–Crippen MR) is 123 cm³/mol. The van der Waals surface area contributed by atoms with Crippen LogP contribution in [0.3, 0.4) is 0 Å². The molecule has 0 bridgehead atoms. The maximum absolute atomic E-state index is 12.2. The van der Waals surface area contributed by atoms with E-state index in [1.54, 1.807) is 6.21 Å². The third-order valence-corrected chi connectivity index (χ3v) is 5.09. The van der Waals surface area contributed by atoms with Gasteiger partial charge < -0.3 is 10.2 Å². The molecule has 150 valence electrons. The summed E-state index contributed by atoms with van der Waals surface area (Å²) in [6.07, 6.45) is 1.75. The topological polar surface area (TPSA) is 69.6 Å². The minimum absolute atomic E-state index is 0.0399. The zero-order valence-electron chi connectivity index (χ0n) is 17.0. The molecule has 7 heteroatoms. The van der Waals surface area contributed by atoms with Gasteiger partial charge in [-0.15, -0.1) is 0 Å². The van der Waals surface area contributed by atoms with Crippen LogP contribution in [0.5, 0.6) is 0 Å². The molecule has 0 spiro atoms. The van der Waals surface area contributed by atoms with Crippen molar-refractivity contribution < 1.29 is 4.79 Å². The fraction of sp³-hybridized carbons (Fsp3) is 0.227. The summed E-state index contributed by atoms with van der Waals surface area (Å²) in [6.45, 7) is 3.73. The van der Waals surface area contributed by atoms with Crippen molar-refractivity contribution in [2.75, 3.05) is 29.7 Å². The van der Waals surface area contributed by atoms with E-state index in [0.717, 1.165) is 22.5 Å². The number of hydrazone groups is 1. The van der Waals surface area contributed by atoms with Crippen LogP contribution in [0.1, 0.15) is 19.4 Å². The molecule has 1 heterocycles. The van der Waals surface area contributed by atoms with Gasteiger partial charge in [0.1, 0.15) is 10.7 Å². The average molecular weight is 408 g/mol. The summed E-state index contributed by atoms with van der Waals surface area (Å²) in [6, 6.07) is 17.9. The second-order valence-corrected chi connectivity index (χ2v) is 8.06. The van der Waals surface area contributed by atoms with Crippen molar-refractivity contribution in [3.63, 3.8) is 0 Å². The van der Waals surface area contributed by atoms with Crippen LogP contribution in [0, 0.1) is 5.92 Å². The van der Waals surface area contributed by atoms with Gasteiger partial charge in [0.25, 0.3) is 0 Å². The molecule has 0 saturated heterocycles. The first-order chi connectivity index (χ1) is 13.9. The number of anilines is 3. The lowest BCUT2D eigenvalue weighted by atomic mass is 10.1. The fourth-order valence-corrected chi connectivity index (χ4v) is 3.36. The van der Waals surface area contributed by atoms with Gasteiger partial charge in [-0.05, 0) is 17.7 Å². The highest BCUT2D eigenvalue weighted by Gasteiger charge is 2.16. The number of nitrogens with zero attached hydrogens (tertiary/aromatic N) is 3. The SMILES string of the molecule is CC(C)C(=O)Nc1sc(N/N=C/c2ccc(N(C)C)cc2)nc1-c1ccccc1. The summed E-state index contributed by atoms with van der Waals surface area (Å²) in [5.74, 6) is -0.151. The van der Waals surface area contributed by atoms with Gasteiger partial charge in [0, 0.05) is 31.3 Å². The van der Waals surface area contributed by atoms with Crippen molar-refractivity contribution in [1.29, 1.82) is 0 Å². The first-order valence-electron chi connectivity index (χ1n) is 9.37. The maximum Gasteiger partial charge on any atom is 0.227 e. The number of carbonyl (C=O) groups excluding carboxylic acids is 1. The van der Waals surface area contributed by atoms with Crippen molar-refractivity contribution in [3.8, 4) is 11.3 Å². The largest absolute Gasteiger partial charge is 0.378 e. The minimum atomic E-state index is -0.111. The van der Waals surface area contributed by atoms with Crippen molar-refractivity contribution in [2.45, 2.75) is 13.8 Å². The van der Waals surface area contributed by atoms with Crippen LogP contribution in [0.2, 0.25) is 0 Å². The smallest absolute Gasteiger partial charge is 0.227 e. The molecule has 0 unspecified atom stereocenters. The van der Waals surface area contributed by atoms with Crippen molar-refractivity contribution >= 4 is 39.3 Å². The Morgan fingerprint density at radius 3 is 2.41 bits per heavy atom. The molecule has 3 rings (SSSR count). The highest BCUT2D eigenvalue weighted by molar-refractivity contribution is 7.20. The number of thiazole rings is 1. The molecule has 0 radical (unpaired) electrons. The maximum atomic E-state index is 12.2.